The summed E-state index contributed by atoms with van der Waals surface area (Å²) in [6.07, 6.45) is 1.22. The van der Waals surface area contributed by atoms with Crippen molar-refractivity contribution in [3.63, 3.8) is 0 Å². The van der Waals surface area contributed by atoms with Crippen molar-refractivity contribution in [3.8, 4) is 0 Å². The minimum absolute atomic E-state index is 0.00677. The van der Waals surface area contributed by atoms with Crippen LogP contribution in [0.15, 0.2) is 65.6 Å². The highest BCUT2D eigenvalue weighted by atomic mass is 19.1. The van der Waals surface area contributed by atoms with Gasteiger partial charge in [-0.05, 0) is 23.8 Å². The van der Waals surface area contributed by atoms with Gasteiger partial charge in [0, 0.05) is 24.4 Å². The Morgan fingerprint density at radius 2 is 1.75 bits per heavy atom. The molecule has 0 saturated carbocycles. The second kappa shape index (κ2) is 7.78. The molecule has 0 radical (unpaired) electrons. The maximum atomic E-state index is 13.7. The fourth-order valence-corrected chi connectivity index (χ4v) is 2.56. The van der Waals surface area contributed by atoms with Crippen molar-refractivity contribution in [1.82, 2.24) is 4.57 Å². The van der Waals surface area contributed by atoms with Gasteiger partial charge in [-0.25, -0.2) is 8.78 Å². The zero-order chi connectivity index (χ0) is 20.3. The van der Waals surface area contributed by atoms with E-state index < -0.39 is 33.7 Å². The molecule has 0 atom stereocenters. The number of pyridine rings is 1. The van der Waals surface area contributed by atoms with E-state index in [1.54, 1.807) is 6.07 Å². The lowest BCUT2D eigenvalue weighted by atomic mass is 10.2. The molecule has 0 aliphatic rings. The summed E-state index contributed by atoms with van der Waals surface area (Å²) in [5.74, 6) is -2.67. The zero-order valence-electron chi connectivity index (χ0n) is 14.3. The Labute approximate surface area is 157 Å². The average molecular weight is 385 g/mol. The number of nitro groups is 1. The van der Waals surface area contributed by atoms with E-state index in [9.17, 15) is 28.5 Å². The van der Waals surface area contributed by atoms with E-state index in [4.69, 9.17) is 0 Å². The molecular weight excluding hydrogens is 372 g/mol. The van der Waals surface area contributed by atoms with E-state index in [-0.39, 0.29) is 17.8 Å². The van der Waals surface area contributed by atoms with Gasteiger partial charge in [-0.15, -0.1) is 0 Å². The Bertz CT molecular complexity index is 1110. The van der Waals surface area contributed by atoms with E-state index in [0.717, 1.165) is 18.2 Å². The Morgan fingerprint density at radius 1 is 1.07 bits per heavy atom. The van der Waals surface area contributed by atoms with Gasteiger partial charge in [0.1, 0.15) is 17.3 Å². The topological polar surface area (TPSA) is 94.2 Å². The molecule has 3 aromatic rings. The van der Waals surface area contributed by atoms with Crippen LogP contribution in [0, 0.1) is 21.7 Å². The maximum absolute atomic E-state index is 13.7. The SMILES string of the molecule is O=C(Nc1c(F)cccc1F)c1ccc(=O)n(Cc2cccc([N+](=O)[O-])c2)c1. The molecular formula is C19H13F2N3O4. The molecule has 0 aliphatic heterocycles. The number of hydrogen-bond donors (Lipinski definition) is 1. The first-order valence-corrected chi connectivity index (χ1v) is 8.04. The summed E-state index contributed by atoms with van der Waals surface area (Å²) in [6.45, 7) is -0.0182. The highest BCUT2D eigenvalue weighted by molar-refractivity contribution is 6.04. The molecule has 1 heterocycles. The third kappa shape index (κ3) is 4.09. The van der Waals surface area contributed by atoms with Crippen LogP contribution in [-0.4, -0.2) is 15.4 Å². The molecule has 7 nitrogen and oxygen atoms in total. The Hall–Kier alpha value is -3.88. The van der Waals surface area contributed by atoms with Crippen molar-refractivity contribution in [2.45, 2.75) is 6.54 Å². The third-order valence-electron chi connectivity index (χ3n) is 3.92. The molecule has 0 spiro atoms. The Balaban J connectivity index is 1.87. The van der Waals surface area contributed by atoms with Gasteiger partial charge in [-0.2, -0.15) is 0 Å². The first-order chi connectivity index (χ1) is 13.3. The number of amides is 1. The third-order valence-corrected chi connectivity index (χ3v) is 3.92. The van der Waals surface area contributed by atoms with E-state index in [1.165, 1.54) is 41.1 Å². The molecule has 1 amide bonds. The van der Waals surface area contributed by atoms with Crippen LogP contribution in [-0.2, 0) is 6.54 Å². The number of benzene rings is 2. The van der Waals surface area contributed by atoms with E-state index in [1.807, 2.05) is 0 Å². The van der Waals surface area contributed by atoms with Crippen molar-refractivity contribution in [3.05, 3.63) is 104 Å². The molecule has 1 N–H and O–H groups in total. The summed E-state index contributed by atoms with van der Waals surface area (Å²) in [5.41, 5.74) is -0.694. The van der Waals surface area contributed by atoms with Crippen LogP contribution in [0.25, 0.3) is 0 Å². The van der Waals surface area contributed by atoms with Crippen LogP contribution in [0.4, 0.5) is 20.2 Å². The second-order valence-corrected chi connectivity index (χ2v) is 5.86. The predicted octanol–water partition coefficient (Wildman–Crippen LogP) is 3.34. The molecule has 142 valence electrons. The fraction of sp³-hybridized carbons (Fsp3) is 0.0526. The normalized spacial score (nSPS) is 10.5. The number of anilines is 1. The number of aromatic nitrogens is 1. The summed E-state index contributed by atoms with van der Waals surface area (Å²) >= 11 is 0. The summed E-state index contributed by atoms with van der Waals surface area (Å²) in [6, 6.07) is 11.2. The standard InChI is InChI=1S/C19H13F2N3O4/c20-15-5-2-6-16(21)18(15)22-19(26)13-7-8-17(25)23(11-13)10-12-3-1-4-14(9-12)24(27)28/h1-9,11H,10H2,(H,22,26). The molecule has 3 rings (SSSR count). The van der Waals surface area contributed by atoms with E-state index in [2.05, 4.69) is 5.32 Å². The first kappa shape index (κ1) is 18.9. The molecule has 0 saturated heterocycles. The number of hydrogen-bond acceptors (Lipinski definition) is 4. The molecule has 0 bridgehead atoms. The lowest BCUT2D eigenvalue weighted by Crippen LogP contribution is -2.23. The quantitative estimate of drug-likeness (QED) is 0.538. The summed E-state index contributed by atoms with van der Waals surface area (Å²) < 4.78 is 28.6. The summed E-state index contributed by atoms with van der Waals surface area (Å²) in [7, 11) is 0. The van der Waals surface area contributed by atoms with Gasteiger partial charge >= 0.3 is 0 Å². The number of carbonyl (C=O) groups excluding carboxylic acids is 1. The first-order valence-electron chi connectivity index (χ1n) is 8.04. The zero-order valence-corrected chi connectivity index (χ0v) is 14.3. The van der Waals surface area contributed by atoms with Gasteiger partial charge in [0.05, 0.1) is 17.0 Å². The van der Waals surface area contributed by atoms with Crippen LogP contribution < -0.4 is 10.9 Å². The highest BCUT2D eigenvalue weighted by Gasteiger charge is 2.15. The number of carbonyl (C=O) groups is 1. The molecule has 0 unspecified atom stereocenters. The monoisotopic (exact) mass is 385 g/mol. The van der Waals surface area contributed by atoms with Crippen LogP contribution in [0.3, 0.4) is 0 Å². The number of para-hydroxylation sites is 1. The van der Waals surface area contributed by atoms with Crippen molar-refractivity contribution in [2.75, 3.05) is 5.32 Å². The molecule has 28 heavy (non-hydrogen) atoms. The van der Waals surface area contributed by atoms with Crippen LogP contribution in [0.5, 0.6) is 0 Å². The molecule has 0 fully saturated rings. The summed E-state index contributed by atoms with van der Waals surface area (Å²) in [5, 5.41) is 13.0. The van der Waals surface area contributed by atoms with Crippen LogP contribution in [0.2, 0.25) is 0 Å². The number of non-ortho nitro benzene ring substituents is 1. The number of rotatable bonds is 5. The van der Waals surface area contributed by atoms with Crippen molar-refractivity contribution in [2.24, 2.45) is 0 Å². The largest absolute Gasteiger partial charge is 0.317 e. The Morgan fingerprint density at radius 3 is 2.43 bits per heavy atom. The van der Waals surface area contributed by atoms with Gasteiger partial charge in [0.2, 0.25) is 0 Å². The average Bonchev–Trinajstić information content (AvgIpc) is 2.66. The molecule has 1 aromatic heterocycles. The van der Waals surface area contributed by atoms with Gasteiger partial charge in [0.25, 0.3) is 17.2 Å². The van der Waals surface area contributed by atoms with Crippen LogP contribution in [0.1, 0.15) is 15.9 Å². The minimum Gasteiger partial charge on any atom is -0.317 e. The van der Waals surface area contributed by atoms with Crippen molar-refractivity contribution >= 4 is 17.3 Å². The number of nitrogens with zero attached hydrogens (tertiary/aromatic N) is 2. The summed E-state index contributed by atoms with van der Waals surface area (Å²) in [4.78, 5) is 34.7. The van der Waals surface area contributed by atoms with Gasteiger partial charge in [-0.1, -0.05) is 18.2 Å². The lowest BCUT2D eigenvalue weighted by molar-refractivity contribution is -0.384. The van der Waals surface area contributed by atoms with Gasteiger partial charge < -0.3 is 9.88 Å². The molecule has 0 aliphatic carbocycles. The molecule has 9 heteroatoms. The number of nitrogens with one attached hydrogen (secondary N) is 1. The predicted molar refractivity (Wildman–Crippen MR) is 97.2 cm³/mol. The second-order valence-electron chi connectivity index (χ2n) is 5.86. The maximum Gasteiger partial charge on any atom is 0.269 e. The molecule has 2 aromatic carbocycles. The van der Waals surface area contributed by atoms with Crippen molar-refractivity contribution in [1.29, 1.82) is 0 Å². The highest BCUT2D eigenvalue weighted by Crippen LogP contribution is 2.19. The van der Waals surface area contributed by atoms with Crippen molar-refractivity contribution < 1.29 is 18.5 Å². The van der Waals surface area contributed by atoms with Gasteiger partial charge in [-0.3, -0.25) is 19.7 Å². The van der Waals surface area contributed by atoms with Crippen LogP contribution >= 0.6 is 0 Å². The van der Waals surface area contributed by atoms with Gasteiger partial charge in [0.15, 0.2) is 0 Å². The number of halogens is 2. The van der Waals surface area contributed by atoms with E-state index in [0.29, 0.717) is 5.56 Å². The fourth-order valence-electron chi connectivity index (χ4n) is 2.56. The smallest absolute Gasteiger partial charge is 0.269 e. The minimum atomic E-state index is -0.932. The lowest BCUT2D eigenvalue weighted by Gasteiger charge is -2.10. The number of nitro benzene ring substituents is 1. The Kier molecular flexibility index (Phi) is 5.25. The van der Waals surface area contributed by atoms with E-state index >= 15 is 0 Å².